The Hall–Kier alpha value is -1.55. The van der Waals surface area contributed by atoms with E-state index in [-0.39, 0.29) is 5.92 Å². The smallest absolute Gasteiger partial charge is 0.307 e. The highest BCUT2D eigenvalue weighted by molar-refractivity contribution is 5.69. The summed E-state index contributed by atoms with van der Waals surface area (Å²) in [6, 6.07) is 7.98. The Bertz CT molecular complexity index is 417. The number of ether oxygens (including phenoxy) is 1. The van der Waals surface area contributed by atoms with Crippen LogP contribution in [0, 0.1) is 12.8 Å². The molecule has 0 heterocycles. The fraction of sp³-hybridized carbons (Fsp3) is 0.588. The number of rotatable bonds is 10. The summed E-state index contributed by atoms with van der Waals surface area (Å²) in [5.74, 6) is -0.223. The van der Waals surface area contributed by atoms with E-state index in [4.69, 9.17) is 9.84 Å². The molecule has 0 aliphatic carbocycles. The highest BCUT2D eigenvalue weighted by Crippen LogP contribution is 2.11. The molecule has 0 bridgehead atoms. The summed E-state index contributed by atoms with van der Waals surface area (Å²) in [5, 5.41) is 9.03. The molecule has 0 spiro atoms. The van der Waals surface area contributed by atoms with Crippen molar-refractivity contribution >= 4 is 5.97 Å². The lowest BCUT2D eigenvalue weighted by Gasteiger charge is -2.24. The lowest BCUT2D eigenvalue weighted by Crippen LogP contribution is -2.35. The summed E-state index contributed by atoms with van der Waals surface area (Å²) in [7, 11) is 0. The van der Waals surface area contributed by atoms with Gasteiger partial charge in [-0.15, -0.1) is 0 Å². The minimum absolute atomic E-state index is 0.346. The first kappa shape index (κ1) is 17.5. The number of hydrogen-bond donors (Lipinski definition) is 1. The monoisotopic (exact) mass is 293 g/mol. The van der Waals surface area contributed by atoms with Crippen LogP contribution in [0.1, 0.15) is 32.3 Å². The normalized spacial score (nSPS) is 12.4. The molecule has 21 heavy (non-hydrogen) atoms. The van der Waals surface area contributed by atoms with Crippen LogP contribution in [-0.4, -0.2) is 42.2 Å². The molecule has 0 aliphatic rings. The second-order valence-corrected chi connectivity index (χ2v) is 5.55. The van der Waals surface area contributed by atoms with Crippen molar-refractivity contribution in [3.05, 3.63) is 29.8 Å². The predicted octanol–water partition coefficient (Wildman–Crippen LogP) is 3.20. The van der Waals surface area contributed by atoms with Gasteiger partial charge < -0.3 is 9.84 Å². The average molecular weight is 293 g/mol. The van der Waals surface area contributed by atoms with E-state index in [1.165, 1.54) is 5.56 Å². The minimum atomic E-state index is -0.740. The Balaban J connectivity index is 2.40. The van der Waals surface area contributed by atoms with Gasteiger partial charge in [-0.05, 0) is 32.0 Å². The van der Waals surface area contributed by atoms with Crippen LogP contribution in [0.5, 0.6) is 5.75 Å². The second kappa shape index (κ2) is 9.40. The molecular weight excluding hydrogens is 266 g/mol. The van der Waals surface area contributed by atoms with Crippen LogP contribution in [0.2, 0.25) is 0 Å². The van der Waals surface area contributed by atoms with Gasteiger partial charge in [-0.1, -0.05) is 38.0 Å². The van der Waals surface area contributed by atoms with Gasteiger partial charge in [0.05, 0.1) is 5.92 Å². The molecule has 1 N–H and O–H groups in total. The van der Waals surface area contributed by atoms with Crippen LogP contribution in [0.4, 0.5) is 0 Å². The molecule has 1 rings (SSSR count). The summed E-state index contributed by atoms with van der Waals surface area (Å²) in [5.41, 5.74) is 1.21. The number of carboxylic acids is 1. The lowest BCUT2D eigenvalue weighted by atomic mass is 10.1. The molecule has 1 aromatic carbocycles. The van der Waals surface area contributed by atoms with Gasteiger partial charge in [0, 0.05) is 13.1 Å². The van der Waals surface area contributed by atoms with Crippen molar-refractivity contribution in [1.29, 1.82) is 0 Å². The van der Waals surface area contributed by atoms with Crippen LogP contribution in [0.25, 0.3) is 0 Å². The average Bonchev–Trinajstić information content (AvgIpc) is 2.46. The molecule has 118 valence electrons. The first-order valence-electron chi connectivity index (χ1n) is 7.67. The molecule has 1 aromatic rings. The molecule has 0 saturated carbocycles. The third kappa shape index (κ3) is 7.14. The van der Waals surface area contributed by atoms with E-state index in [1.807, 2.05) is 31.2 Å². The van der Waals surface area contributed by atoms with Gasteiger partial charge in [-0.25, -0.2) is 0 Å². The topological polar surface area (TPSA) is 49.8 Å². The summed E-state index contributed by atoms with van der Waals surface area (Å²) in [6.45, 7) is 8.77. The molecule has 0 amide bonds. The molecule has 4 nitrogen and oxygen atoms in total. The minimum Gasteiger partial charge on any atom is -0.492 e. The van der Waals surface area contributed by atoms with E-state index in [2.05, 4.69) is 11.8 Å². The van der Waals surface area contributed by atoms with Gasteiger partial charge in [0.2, 0.25) is 0 Å². The summed E-state index contributed by atoms with van der Waals surface area (Å²) in [6.07, 6.45) is 2.19. The highest BCUT2D eigenvalue weighted by Gasteiger charge is 2.15. The van der Waals surface area contributed by atoms with E-state index < -0.39 is 5.97 Å². The van der Waals surface area contributed by atoms with Crippen molar-refractivity contribution in [2.24, 2.45) is 5.92 Å². The van der Waals surface area contributed by atoms with Crippen molar-refractivity contribution in [2.45, 2.75) is 33.6 Å². The Morgan fingerprint density at radius 3 is 2.52 bits per heavy atom. The number of aryl methyl sites for hydroxylation is 1. The zero-order valence-corrected chi connectivity index (χ0v) is 13.3. The maximum atomic E-state index is 11.0. The molecule has 1 unspecified atom stereocenters. The highest BCUT2D eigenvalue weighted by atomic mass is 16.5. The number of nitrogens with zero attached hydrogens (tertiary/aromatic N) is 1. The van der Waals surface area contributed by atoms with Crippen molar-refractivity contribution in [2.75, 3.05) is 26.2 Å². The number of benzene rings is 1. The maximum absolute atomic E-state index is 11.0. The van der Waals surface area contributed by atoms with Crippen LogP contribution >= 0.6 is 0 Å². The maximum Gasteiger partial charge on any atom is 0.307 e. The Morgan fingerprint density at radius 2 is 1.95 bits per heavy atom. The van der Waals surface area contributed by atoms with E-state index in [0.717, 1.165) is 31.7 Å². The van der Waals surface area contributed by atoms with Gasteiger partial charge in [-0.2, -0.15) is 0 Å². The molecule has 0 saturated heterocycles. The summed E-state index contributed by atoms with van der Waals surface area (Å²) < 4.78 is 5.72. The molecule has 1 atom stereocenters. The number of unbranched alkanes of at least 4 members (excludes halogenated alkanes) is 1. The van der Waals surface area contributed by atoms with E-state index in [9.17, 15) is 4.79 Å². The zero-order chi connectivity index (χ0) is 15.7. The van der Waals surface area contributed by atoms with Crippen molar-refractivity contribution < 1.29 is 14.6 Å². The van der Waals surface area contributed by atoms with E-state index in [1.54, 1.807) is 6.92 Å². The molecule has 0 aromatic heterocycles. The molecule has 4 heteroatoms. The van der Waals surface area contributed by atoms with Crippen LogP contribution < -0.4 is 4.74 Å². The molecule has 0 aliphatic heterocycles. The van der Waals surface area contributed by atoms with E-state index >= 15 is 0 Å². The SMILES string of the molecule is CCCCN(CCOc1ccc(C)cc1)CC(C)C(=O)O. The van der Waals surface area contributed by atoms with Crippen LogP contribution in [0.15, 0.2) is 24.3 Å². The van der Waals surface area contributed by atoms with Crippen LogP contribution in [0.3, 0.4) is 0 Å². The fourth-order valence-corrected chi connectivity index (χ4v) is 2.07. The first-order valence-corrected chi connectivity index (χ1v) is 7.67. The number of hydrogen-bond acceptors (Lipinski definition) is 3. The molecular formula is C17H27NO3. The predicted molar refractivity (Wildman–Crippen MR) is 84.8 cm³/mol. The van der Waals surface area contributed by atoms with Gasteiger partial charge in [-0.3, -0.25) is 9.69 Å². The third-order valence-corrected chi connectivity index (χ3v) is 3.48. The van der Waals surface area contributed by atoms with Gasteiger partial charge >= 0.3 is 5.97 Å². The third-order valence-electron chi connectivity index (χ3n) is 3.48. The zero-order valence-electron chi connectivity index (χ0n) is 13.3. The number of aliphatic carboxylic acids is 1. The summed E-state index contributed by atoms with van der Waals surface area (Å²) >= 11 is 0. The van der Waals surface area contributed by atoms with Gasteiger partial charge in [0.25, 0.3) is 0 Å². The van der Waals surface area contributed by atoms with Crippen molar-refractivity contribution in [1.82, 2.24) is 4.90 Å². The number of carbonyl (C=O) groups is 1. The fourth-order valence-electron chi connectivity index (χ4n) is 2.07. The van der Waals surface area contributed by atoms with E-state index in [0.29, 0.717) is 13.2 Å². The first-order chi connectivity index (χ1) is 10.0. The van der Waals surface area contributed by atoms with Crippen LogP contribution in [-0.2, 0) is 4.79 Å². The largest absolute Gasteiger partial charge is 0.492 e. The van der Waals surface area contributed by atoms with Gasteiger partial charge in [0.1, 0.15) is 12.4 Å². The van der Waals surface area contributed by atoms with Gasteiger partial charge in [0.15, 0.2) is 0 Å². The lowest BCUT2D eigenvalue weighted by molar-refractivity contribution is -0.141. The number of carboxylic acid groups (broad SMARTS) is 1. The molecule has 0 radical (unpaired) electrons. The summed E-state index contributed by atoms with van der Waals surface area (Å²) in [4.78, 5) is 13.2. The molecule has 0 fully saturated rings. The Morgan fingerprint density at radius 1 is 1.29 bits per heavy atom. The Labute approximate surface area is 127 Å². The van der Waals surface area contributed by atoms with Crippen molar-refractivity contribution in [3.63, 3.8) is 0 Å². The standard InChI is InChI=1S/C17H27NO3/c1-4-5-10-18(13-15(3)17(19)20)11-12-21-16-8-6-14(2)7-9-16/h6-9,15H,4-5,10-13H2,1-3H3,(H,19,20). The quantitative estimate of drug-likeness (QED) is 0.720. The second-order valence-electron chi connectivity index (χ2n) is 5.55. The Kier molecular flexibility index (Phi) is 7.83. The van der Waals surface area contributed by atoms with Crippen molar-refractivity contribution in [3.8, 4) is 5.75 Å².